The van der Waals surface area contributed by atoms with Crippen molar-refractivity contribution in [3.8, 4) is 0 Å². The number of amides is 1. The summed E-state index contributed by atoms with van der Waals surface area (Å²) in [6.45, 7) is -1.29. The minimum Gasteiger partial charge on any atom is -0.302 e. The molecule has 32 heavy (non-hydrogen) atoms. The monoisotopic (exact) mass is 464 g/mol. The minimum atomic E-state index is -4.48. The number of carbonyl (C=O) groups excluding carboxylic acids is 1. The van der Waals surface area contributed by atoms with E-state index in [2.05, 4.69) is 10.1 Å². The maximum absolute atomic E-state index is 13.9. The molecule has 5 nitrogen and oxygen atoms in total. The topological polar surface area (TPSA) is 50.5 Å². The van der Waals surface area contributed by atoms with E-state index in [1.807, 2.05) is 12.1 Å². The molecule has 1 unspecified atom stereocenters. The van der Waals surface area contributed by atoms with Gasteiger partial charge in [-0.3, -0.25) is 4.79 Å². The molecule has 1 amide bonds. The van der Waals surface area contributed by atoms with Crippen LogP contribution in [0.3, 0.4) is 0 Å². The van der Waals surface area contributed by atoms with Crippen molar-refractivity contribution in [2.24, 2.45) is 0 Å². The standard InChI is InChI=1S/C22H17ClF4N4O/c23-17-8-14(19-28-9-18(24)31(19)29-17)13-7-12(13)11-2-3-15-16(6-11)30(10-22(25,26)27)20(32)21(15)4-1-5-21/h2-3,6,8-9,12-13H,1,4-5,7,10H2/t12?,13-/m0/s1. The number of alkyl halides is 3. The number of fused-ring (bicyclic) bond motifs is 3. The zero-order valence-corrected chi connectivity index (χ0v) is 17.4. The van der Waals surface area contributed by atoms with E-state index < -0.39 is 30.0 Å². The van der Waals surface area contributed by atoms with Crippen molar-refractivity contribution in [2.75, 3.05) is 11.4 Å². The van der Waals surface area contributed by atoms with Gasteiger partial charge in [-0.15, -0.1) is 0 Å². The Bertz CT molecular complexity index is 1280. The third-order valence-corrected chi connectivity index (χ3v) is 7.25. The van der Waals surface area contributed by atoms with Crippen molar-refractivity contribution < 1.29 is 22.4 Å². The Hall–Kier alpha value is -2.68. The van der Waals surface area contributed by atoms with Crippen molar-refractivity contribution in [1.82, 2.24) is 14.6 Å². The van der Waals surface area contributed by atoms with Crippen molar-refractivity contribution in [3.05, 3.63) is 58.3 Å². The molecule has 2 aliphatic carbocycles. The molecular weight excluding hydrogens is 448 g/mol. The lowest BCUT2D eigenvalue weighted by Gasteiger charge is -2.37. The van der Waals surface area contributed by atoms with Crippen LogP contribution in [0, 0.1) is 5.95 Å². The van der Waals surface area contributed by atoms with Gasteiger partial charge in [0.05, 0.1) is 11.6 Å². The lowest BCUT2D eigenvalue weighted by atomic mass is 9.65. The summed E-state index contributed by atoms with van der Waals surface area (Å²) in [5.41, 5.74) is 2.23. The Labute approximate surface area is 185 Å². The van der Waals surface area contributed by atoms with Crippen LogP contribution in [0.25, 0.3) is 5.65 Å². The summed E-state index contributed by atoms with van der Waals surface area (Å²) in [5.74, 6) is -1.06. The summed E-state index contributed by atoms with van der Waals surface area (Å²) in [5, 5.41) is 4.07. The van der Waals surface area contributed by atoms with E-state index in [1.165, 1.54) is 0 Å². The van der Waals surface area contributed by atoms with Gasteiger partial charge in [0.15, 0.2) is 10.8 Å². The number of nitrogens with zero attached hydrogens (tertiary/aromatic N) is 4. The molecule has 0 N–H and O–H groups in total. The van der Waals surface area contributed by atoms with E-state index in [4.69, 9.17) is 11.6 Å². The number of anilines is 1. The SMILES string of the molecule is O=C1N(CC(F)(F)F)c2cc(C3C[C@@H]3c3cc(Cl)nn4c(F)cnc34)ccc2C12CCC2. The molecule has 6 rings (SSSR count). The molecule has 1 aromatic carbocycles. The Morgan fingerprint density at radius 1 is 1.19 bits per heavy atom. The minimum absolute atomic E-state index is 0.0105. The molecule has 1 spiro atoms. The molecule has 3 heterocycles. The molecule has 1 aliphatic heterocycles. The average Bonchev–Trinajstić information content (AvgIpc) is 3.35. The van der Waals surface area contributed by atoms with Crippen LogP contribution in [0.15, 0.2) is 30.5 Å². The number of hydrogen-bond acceptors (Lipinski definition) is 3. The van der Waals surface area contributed by atoms with Crippen molar-refractivity contribution in [1.29, 1.82) is 0 Å². The first-order valence-electron chi connectivity index (χ1n) is 10.4. The van der Waals surface area contributed by atoms with Crippen molar-refractivity contribution >= 4 is 28.8 Å². The van der Waals surface area contributed by atoms with E-state index in [9.17, 15) is 22.4 Å². The van der Waals surface area contributed by atoms with Gasteiger partial charge in [-0.1, -0.05) is 30.2 Å². The van der Waals surface area contributed by atoms with Crippen LogP contribution in [-0.2, 0) is 10.2 Å². The summed E-state index contributed by atoms with van der Waals surface area (Å²) in [6, 6.07) is 7.10. The third-order valence-electron chi connectivity index (χ3n) is 7.07. The fourth-order valence-corrected chi connectivity index (χ4v) is 5.55. The second-order valence-corrected chi connectivity index (χ2v) is 9.29. The Kier molecular flexibility index (Phi) is 4.01. The summed E-state index contributed by atoms with van der Waals surface area (Å²) in [7, 11) is 0. The van der Waals surface area contributed by atoms with Gasteiger partial charge in [0, 0.05) is 11.3 Å². The van der Waals surface area contributed by atoms with Crippen LogP contribution < -0.4 is 4.90 Å². The molecule has 0 saturated heterocycles. The fraction of sp³-hybridized carbons (Fsp3) is 0.409. The molecule has 2 fully saturated rings. The van der Waals surface area contributed by atoms with Gasteiger partial charge in [0.25, 0.3) is 0 Å². The van der Waals surface area contributed by atoms with Crippen molar-refractivity contribution in [3.63, 3.8) is 0 Å². The molecule has 2 saturated carbocycles. The first-order chi connectivity index (χ1) is 15.2. The van der Waals surface area contributed by atoms with Crippen LogP contribution in [0.5, 0.6) is 0 Å². The largest absolute Gasteiger partial charge is 0.406 e. The van der Waals surface area contributed by atoms with E-state index >= 15 is 0 Å². The molecule has 3 aliphatic rings. The molecule has 2 atom stereocenters. The first kappa shape index (κ1) is 20.0. The predicted molar refractivity (Wildman–Crippen MR) is 108 cm³/mol. The second kappa shape index (κ2) is 6.43. The highest BCUT2D eigenvalue weighted by molar-refractivity contribution is 6.29. The van der Waals surface area contributed by atoms with Gasteiger partial charge < -0.3 is 4.90 Å². The number of aromatic nitrogens is 3. The molecule has 0 bridgehead atoms. The lowest BCUT2D eigenvalue weighted by Crippen LogP contribution is -2.47. The molecule has 166 valence electrons. The Morgan fingerprint density at radius 2 is 1.97 bits per heavy atom. The summed E-state index contributed by atoms with van der Waals surface area (Å²) >= 11 is 6.07. The molecule has 2 aromatic heterocycles. The predicted octanol–water partition coefficient (Wildman–Crippen LogP) is 5.12. The second-order valence-electron chi connectivity index (χ2n) is 8.91. The summed E-state index contributed by atoms with van der Waals surface area (Å²) in [4.78, 5) is 18.0. The highest BCUT2D eigenvalue weighted by Gasteiger charge is 2.56. The fourth-order valence-electron chi connectivity index (χ4n) is 5.35. The van der Waals surface area contributed by atoms with Gasteiger partial charge >= 0.3 is 6.18 Å². The van der Waals surface area contributed by atoms with Gasteiger partial charge in [-0.2, -0.15) is 27.2 Å². The molecular formula is C22H17ClF4N4O. The molecule has 0 radical (unpaired) electrons. The first-order valence-corrected chi connectivity index (χ1v) is 10.8. The van der Waals surface area contributed by atoms with Gasteiger partial charge in [0.1, 0.15) is 6.54 Å². The summed E-state index contributed by atoms with van der Waals surface area (Å²) in [6.07, 6.45) is -0.689. The normalized spacial score (nSPS) is 23.7. The van der Waals surface area contributed by atoms with Crippen LogP contribution in [0.4, 0.5) is 23.2 Å². The Balaban J connectivity index is 1.37. The highest BCUT2D eigenvalue weighted by atomic mass is 35.5. The molecule has 3 aromatic rings. The number of rotatable bonds is 3. The van der Waals surface area contributed by atoms with Crippen molar-refractivity contribution in [2.45, 2.75) is 49.1 Å². The number of imidazole rings is 1. The van der Waals surface area contributed by atoms with E-state index in [-0.39, 0.29) is 17.0 Å². The van der Waals surface area contributed by atoms with Crippen LogP contribution in [-0.4, -0.2) is 33.2 Å². The van der Waals surface area contributed by atoms with Gasteiger partial charge in [-0.25, -0.2) is 4.98 Å². The van der Waals surface area contributed by atoms with Crippen LogP contribution >= 0.6 is 11.6 Å². The molecule has 10 heteroatoms. The van der Waals surface area contributed by atoms with Crippen LogP contribution in [0.2, 0.25) is 5.15 Å². The summed E-state index contributed by atoms with van der Waals surface area (Å²) < 4.78 is 54.7. The number of carbonyl (C=O) groups is 1. The third kappa shape index (κ3) is 2.79. The maximum Gasteiger partial charge on any atom is 0.406 e. The van der Waals surface area contributed by atoms with Crippen LogP contribution in [0.1, 0.15) is 54.2 Å². The zero-order chi connectivity index (χ0) is 22.4. The van der Waals surface area contributed by atoms with Gasteiger partial charge in [-0.05, 0) is 54.4 Å². The smallest absolute Gasteiger partial charge is 0.302 e. The Morgan fingerprint density at radius 3 is 2.66 bits per heavy atom. The average molecular weight is 465 g/mol. The zero-order valence-electron chi connectivity index (χ0n) is 16.7. The maximum atomic E-state index is 13.9. The van der Waals surface area contributed by atoms with Gasteiger partial charge in [0.2, 0.25) is 11.9 Å². The van der Waals surface area contributed by atoms with E-state index in [0.29, 0.717) is 29.7 Å². The van der Waals surface area contributed by atoms with E-state index in [1.54, 1.807) is 12.1 Å². The number of hydrogen-bond donors (Lipinski definition) is 0. The highest BCUT2D eigenvalue weighted by Crippen LogP contribution is 2.59. The quantitative estimate of drug-likeness (QED) is 0.505. The number of benzene rings is 1. The number of halogens is 5. The lowest BCUT2D eigenvalue weighted by molar-refractivity contribution is -0.136. The van der Waals surface area contributed by atoms with E-state index in [0.717, 1.165) is 39.6 Å².